The fraction of sp³-hybridized carbons (Fsp3) is 0.440. The van der Waals surface area contributed by atoms with Gasteiger partial charge in [0.25, 0.3) is 0 Å². The molecule has 9 heteroatoms. The van der Waals surface area contributed by atoms with E-state index in [9.17, 15) is 18.0 Å². The van der Waals surface area contributed by atoms with Crippen LogP contribution in [-0.2, 0) is 26.0 Å². The smallest absolute Gasteiger partial charge is 0.243 e. The third kappa shape index (κ3) is 4.54. The number of carbonyl (C=O) groups excluding carboxylic acids is 2. The summed E-state index contributed by atoms with van der Waals surface area (Å²) in [5, 5.41) is 0. The van der Waals surface area contributed by atoms with E-state index >= 15 is 0 Å². The molecule has 182 valence electrons. The minimum Gasteiger partial charge on any atom is -0.497 e. The van der Waals surface area contributed by atoms with Crippen molar-refractivity contribution in [3.63, 3.8) is 0 Å². The quantitative estimate of drug-likeness (QED) is 0.574. The largest absolute Gasteiger partial charge is 0.497 e. The van der Waals surface area contributed by atoms with Crippen molar-refractivity contribution in [2.45, 2.75) is 44.0 Å². The van der Waals surface area contributed by atoms with Gasteiger partial charge in [0.1, 0.15) is 5.75 Å². The minimum atomic E-state index is -3.89. The number of anilines is 2. The number of benzene rings is 2. The van der Waals surface area contributed by atoms with Gasteiger partial charge in [0.05, 0.1) is 18.6 Å². The van der Waals surface area contributed by atoms with Crippen LogP contribution < -0.4 is 14.5 Å². The molecule has 0 unspecified atom stereocenters. The van der Waals surface area contributed by atoms with Gasteiger partial charge in [-0.2, -0.15) is 4.31 Å². The summed E-state index contributed by atoms with van der Waals surface area (Å²) < 4.78 is 32.8. The molecule has 0 aromatic heterocycles. The Kier molecular flexibility index (Phi) is 6.69. The predicted molar refractivity (Wildman–Crippen MR) is 131 cm³/mol. The van der Waals surface area contributed by atoms with E-state index in [1.807, 2.05) is 18.7 Å². The second-order valence-electron chi connectivity index (χ2n) is 8.92. The first-order valence-corrected chi connectivity index (χ1v) is 13.0. The molecule has 2 aliphatic rings. The highest BCUT2D eigenvalue weighted by Gasteiger charge is 2.40. The molecule has 4 rings (SSSR count). The van der Waals surface area contributed by atoms with Crippen LogP contribution in [0.15, 0.2) is 47.4 Å². The lowest BCUT2D eigenvalue weighted by Gasteiger charge is -2.25. The molecule has 1 heterocycles. The molecule has 1 atom stereocenters. The monoisotopic (exact) mass is 485 g/mol. The van der Waals surface area contributed by atoms with E-state index in [0.29, 0.717) is 24.4 Å². The van der Waals surface area contributed by atoms with Crippen LogP contribution in [0, 0.1) is 5.92 Å². The summed E-state index contributed by atoms with van der Waals surface area (Å²) in [6.45, 7) is 3.94. The lowest BCUT2D eigenvalue weighted by atomic mass is 10.1. The van der Waals surface area contributed by atoms with Gasteiger partial charge in [-0.1, -0.05) is 0 Å². The van der Waals surface area contributed by atoms with Gasteiger partial charge < -0.3 is 14.5 Å². The molecule has 2 amide bonds. The van der Waals surface area contributed by atoms with E-state index in [4.69, 9.17) is 4.74 Å². The first kappa shape index (κ1) is 24.2. The fourth-order valence-electron chi connectivity index (χ4n) is 4.44. The van der Waals surface area contributed by atoms with Gasteiger partial charge in [0, 0.05) is 36.9 Å². The zero-order chi connectivity index (χ0) is 24.6. The second kappa shape index (κ2) is 9.38. The zero-order valence-electron chi connectivity index (χ0n) is 20.0. The minimum absolute atomic E-state index is 0.00275. The van der Waals surface area contributed by atoms with Gasteiger partial charge in [0.2, 0.25) is 21.8 Å². The number of likely N-dealkylation sites (N-methyl/N-ethyl adjacent to an activating group) is 2. The Morgan fingerprint density at radius 1 is 1.12 bits per heavy atom. The van der Waals surface area contributed by atoms with E-state index in [1.165, 1.54) is 18.0 Å². The number of amides is 2. The number of carbonyl (C=O) groups is 2. The summed E-state index contributed by atoms with van der Waals surface area (Å²) >= 11 is 0. The molecule has 1 aliphatic carbocycles. The number of rotatable bonds is 8. The third-order valence-electron chi connectivity index (χ3n) is 6.50. The normalized spacial score (nSPS) is 17.6. The maximum atomic E-state index is 13.3. The predicted octanol–water partition coefficient (Wildman–Crippen LogP) is 3.06. The number of hydrogen-bond donors (Lipinski definition) is 0. The Labute approximate surface area is 201 Å². The average Bonchev–Trinajstić information content (AvgIpc) is 3.61. The lowest BCUT2D eigenvalue weighted by molar-refractivity contribution is -0.120. The molecule has 2 aromatic carbocycles. The molecule has 0 spiro atoms. The van der Waals surface area contributed by atoms with Gasteiger partial charge in [0.15, 0.2) is 0 Å². The summed E-state index contributed by atoms with van der Waals surface area (Å²) in [6.07, 6.45) is 2.46. The van der Waals surface area contributed by atoms with Gasteiger partial charge >= 0.3 is 0 Å². The topological polar surface area (TPSA) is 87.2 Å². The highest BCUT2D eigenvalue weighted by molar-refractivity contribution is 7.89. The van der Waals surface area contributed by atoms with Crippen molar-refractivity contribution < 1.29 is 22.7 Å². The highest BCUT2D eigenvalue weighted by Crippen LogP contribution is 2.39. The number of fused-ring (bicyclic) bond motifs is 1. The van der Waals surface area contributed by atoms with Crippen LogP contribution in [0.25, 0.3) is 0 Å². The van der Waals surface area contributed by atoms with E-state index in [2.05, 4.69) is 0 Å². The maximum absolute atomic E-state index is 13.3. The van der Waals surface area contributed by atoms with Gasteiger partial charge in [-0.05, 0) is 81.1 Å². The second-order valence-corrected chi connectivity index (χ2v) is 11.0. The van der Waals surface area contributed by atoms with E-state index < -0.39 is 10.0 Å². The number of sulfonamides is 1. The molecule has 1 aliphatic heterocycles. The standard InChI is InChI=1S/C25H31N3O5S/c1-5-27(20-8-10-21(33-4)11-9-20)24(29)16-26(3)34(31,32)22-12-13-23-19(15-22)14-17(2)28(23)25(30)18-6-7-18/h8-13,15,17-18H,5-7,14,16H2,1-4H3/t17-/m0/s1. The van der Waals surface area contributed by atoms with Gasteiger partial charge in [-0.15, -0.1) is 0 Å². The third-order valence-corrected chi connectivity index (χ3v) is 8.30. The molecule has 0 bridgehead atoms. The molecular weight excluding hydrogens is 454 g/mol. The van der Waals surface area contributed by atoms with Crippen LogP contribution in [0.1, 0.15) is 32.3 Å². The van der Waals surface area contributed by atoms with Crippen molar-refractivity contribution in [2.24, 2.45) is 5.92 Å². The Bertz CT molecular complexity index is 1190. The van der Waals surface area contributed by atoms with Crippen molar-refractivity contribution in [3.05, 3.63) is 48.0 Å². The Morgan fingerprint density at radius 2 is 1.79 bits per heavy atom. The summed E-state index contributed by atoms with van der Waals surface area (Å²) in [4.78, 5) is 29.1. The fourth-order valence-corrected chi connectivity index (χ4v) is 5.61. The molecule has 0 saturated heterocycles. The average molecular weight is 486 g/mol. The van der Waals surface area contributed by atoms with Crippen molar-refractivity contribution in [1.82, 2.24) is 4.31 Å². The van der Waals surface area contributed by atoms with E-state index in [0.717, 1.165) is 28.4 Å². The molecule has 0 radical (unpaired) electrons. The van der Waals surface area contributed by atoms with Crippen LogP contribution >= 0.6 is 0 Å². The van der Waals surface area contributed by atoms with E-state index in [1.54, 1.807) is 43.5 Å². The zero-order valence-corrected chi connectivity index (χ0v) is 20.8. The number of methoxy groups -OCH3 is 1. The summed E-state index contributed by atoms with van der Waals surface area (Å²) in [7, 11) is -0.907. The van der Waals surface area contributed by atoms with Crippen molar-refractivity contribution in [3.8, 4) is 5.75 Å². The van der Waals surface area contributed by atoms with Crippen LogP contribution in [0.3, 0.4) is 0 Å². The molecule has 2 aromatic rings. The number of ether oxygens (including phenoxy) is 1. The summed E-state index contributed by atoms with van der Waals surface area (Å²) in [5.41, 5.74) is 2.31. The first-order chi connectivity index (χ1) is 16.2. The first-order valence-electron chi connectivity index (χ1n) is 11.5. The Balaban J connectivity index is 1.51. The lowest BCUT2D eigenvalue weighted by Crippen LogP contribution is -2.41. The maximum Gasteiger partial charge on any atom is 0.243 e. The van der Waals surface area contributed by atoms with Gasteiger partial charge in [-0.3, -0.25) is 9.59 Å². The van der Waals surface area contributed by atoms with Crippen LogP contribution in [-0.4, -0.2) is 57.8 Å². The van der Waals surface area contributed by atoms with Crippen LogP contribution in [0.5, 0.6) is 5.75 Å². The van der Waals surface area contributed by atoms with Crippen molar-refractivity contribution in [2.75, 3.05) is 37.0 Å². The van der Waals surface area contributed by atoms with Crippen LogP contribution in [0.2, 0.25) is 0 Å². The molecule has 34 heavy (non-hydrogen) atoms. The molecule has 0 N–H and O–H groups in total. The molecule has 1 saturated carbocycles. The highest BCUT2D eigenvalue weighted by atomic mass is 32.2. The summed E-state index contributed by atoms with van der Waals surface area (Å²) in [6, 6.07) is 11.9. The number of hydrogen-bond acceptors (Lipinski definition) is 5. The SMILES string of the molecule is CCN(C(=O)CN(C)S(=O)(=O)c1ccc2c(c1)C[C@H](C)N2C(=O)C1CC1)c1ccc(OC)cc1. The molecule has 1 fully saturated rings. The van der Waals surface area contributed by atoms with E-state index in [-0.39, 0.29) is 35.2 Å². The number of nitrogens with zero attached hydrogens (tertiary/aromatic N) is 3. The van der Waals surface area contributed by atoms with Crippen LogP contribution in [0.4, 0.5) is 11.4 Å². The molecule has 8 nitrogen and oxygen atoms in total. The van der Waals surface area contributed by atoms with Gasteiger partial charge in [-0.25, -0.2) is 8.42 Å². The Hall–Kier alpha value is -2.91. The van der Waals surface area contributed by atoms with Crippen molar-refractivity contribution >= 4 is 33.2 Å². The Morgan fingerprint density at radius 3 is 2.38 bits per heavy atom. The molecular formula is C25H31N3O5S. The van der Waals surface area contributed by atoms with Crippen molar-refractivity contribution in [1.29, 1.82) is 0 Å². The summed E-state index contributed by atoms with van der Waals surface area (Å²) in [5.74, 6) is 0.578.